The van der Waals surface area contributed by atoms with Gasteiger partial charge in [-0.1, -0.05) is 30.3 Å². The van der Waals surface area contributed by atoms with E-state index in [1.165, 1.54) is 17.0 Å². The molecule has 2 fully saturated rings. The summed E-state index contributed by atoms with van der Waals surface area (Å²) in [5, 5.41) is 0. The zero-order valence-corrected chi connectivity index (χ0v) is 12.2. The van der Waals surface area contributed by atoms with E-state index in [-0.39, 0.29) is 30.5 Å². The van der Waals surface area contributed by atoms with E-state index in [1.807, 2.05) is 0 Å². The van der Waals surface area contributed by atoms with Gasteiger partial charge < -0.3 is 4.90 Å². The lowest BCUT2D eigenvalue weighted by molar-refractivity contribution is -0.190. The molecule has 1 heterocycles. The summed E-state index contributed by atoms with van der Waals surface area (Å²) in [4.78, 5) is 15.1. The standard InChI is InChI=1S/C16H19F3N2O/c17-16(18,19)14(12-4-2-1-3-5-12)20-8-10-21(11-9-20)15(22)13-6-7-13/h1-5,13-14H,6-11H2/t14-/m1/s1. The highest BCUT2D eigenvalue weighted by Gasteiger charge is 2.46. The largest absolute Gasteiger partial charge is 0.408 e. The van der Waals surface area contributed by atoms with Crippen molar-refractivity contribution in [3.8, 4) is 0 Å². The SMILES string of the molecule is O=C(C1CC1)N1CCN([C@H](c2ccccc2)C(F)(F)F)CC1. The molecular weight excluding hydrogens is 293 g/mol. The van der Waals surface area contributed by atoms with Crippen LogP contribution in [0.25, 0.3) is 0 Å². The first-order valence-corrected chi connectivity index (χ1v) is 7.61. The maximum atomic E-state index is 13.5. The summed E-state index contributed by atoms with van der Waals surface area (Å²) in [6.45, 7) is 1.29. The first-order valence-electron chi connectivity index (χ1n) is 7.61. The summed E-state index contributed by atoms with van der Waals surface area (Å²) in [5.74, 6) is 0.238. The van der Waals surface area contributed by atoms with Crippen LogP contribution in [0.2, 0.25) is 0 Å². The fourth-order valence-electron chi connectivity index (χ4n) is 3.03. The highest BCUT2D eigenvalue weighted by Crippen LogP contribution is 2.38. The van der Waals surface area contributed by atoms with Gasteiger partial charge in [-0.05, 0) is 18.4 Å². The lowest BCUT2D eigenvalue weighted by Crippen LogP contribution is -2.52. The maximum Gasteiger partial charge on any atom is 0.408 e. The molecule has 120 valence electrons. The molecule has 1 saturated carbocycles. The minimum absolute atomic E-state index is 0.114. The number of carbonyl (C=O) groups is 1. The fourth-order valence-corrected chi connectivity index (χ4v) is 3.03. The van der Waals surface area contributed by atoms with E-state index < -0.39 is 12.2 Å². The van der Waals surface area contributed by atoms with Crippen molar-refractivity contribution in [2.75, 3.05) is 26.2 Å². The molecule has 1 amide bonds. The third kappa shape index (κ3) is 3.27. The Labute approximate surface area is 127 Å². The zero-order valence-electron chi connectivity index (χ0n) is 12.2. The van der Waals surface area contributed by atoms with Crippen LogP contribution >= 0.6 is 0 Å². The van der Waals surface area contributed by atoms with Gasteiger partial charge in [-0.25, -0.2) is 0 Å². The van der Waals surface area contributed by atoms with Crippen molar-refractivity contribution in [2.45, 2.75) is 25.1 Å². The molecule has 1 aliphatic heterocycles. The van der Waals surface area contributed by atoms with E-state index in [1.54, 1.807) is 23.1 Å². The summed E-state index contributed by atoms with van der Waals surface area (Å²) in [6.07, 6.45) is -2.47. The molecule has 0 aromatic heterocycles. The van der Waals surface area contributed by atoms with Gasteiger partial charge in [-0.2, -0.15) is 13.2 Å². The summed E-state index contributed by atoms with van der Waals surface area (Å²) in [5.41, 5.74) is 0.261. The lowest BCUT2D eigenvalue weighted by atomic mass is 10.0. The second-order valence-electron chi connectivity index (χ2n) is 5.99. The van der Waals surface area contributed by atoms with Crippen molar-refractivity contribution in [1.82, 2.24) is 9.80 Å². The van der Waals surface area contributed by atoms with Crippen molar-refractivity contribution in [3.05, 3.63) is 35.9 Å². The third-order valence-electron chi connectivity index (χ3n) is 4.34. The molecule has 0 bridgehead atoms. The number of benzene rings is 1. The molecule has 0 unspecified atom stereocenters. The summed E-state index contributed by atoms with van der Waals surface area (Å²) >= 11 is 0. The van der Waals surface area contributed by atoms with Crippen LogP contribution in [-0.2, 0) is 4.79 Å². The van der Waals surface area contributed by atoms with E-state index >= 15 is 0 Å². The number of nitrogens with zero attached hydrogens (tertiary/aromatic N) is 2. The van der Waals surface area contributed by atoms with Crippen LogP contribution in [0.5, 0.6) is 0 Å². The smallest absolute Gasteiger partial charge is 0.340 e. The van der Waals surface area contributed by atoms with Gasteiger partial charge in [0.15, 0.2) is 0 Å². The van der Waals surface area contributed by atoms with E-state index in [0.717, 1.165) is 12.8 Å². The molecule has 6 heteroatoms. The number of rotatable bonds is 3. The predicted octanol–water partition coefficient (Wildman–Crippen LogP) is 2.84. The van der Waals surface area contributed by atoms with Crippen molar-refractivity contribution < 1.29 is 18.0 Å². The quantitative estimate of drug-likeness (QED) is 0.857. The highest BCUT2D eigenvalue weighted by atomic mass is 19.4. The third-order valence-corrected chi connectivity index (χ3v) is 4.34. The molecule has 1 aliphatic carbocycles. The fraction of sp³-hybridized carbons (Fsp3) is 0.562. The van der Waals surface area contributed by atoms with Crippen LogP contribution in [0, 0.1) is 5.92 Å². The lowest BCUT2D eigenvalue weighted by Gasteiger charge is -2.40. The first kappa shape index (κ1) is 15.3. The Morgan fingerprint density at radius 1 is 1.05 bits per heavy atom. The molecule has 1 atom stereocenters. The summed E-state index contributed by atoms with van der Waals surface area (Å²) < 4.78 is 40.4. The number of amides is 1. The molecule has 3 rings (SSSR count). The van der Waals surface area contributed by atoms with Crippen LogP contribution in [0.15, 0.2) is 30.3 Å². The molecular formula is C16H19F3N2O. The average molecular weight is 312 g/mol. The van der Waals surface area contributed by atoms with Gasteiger partial charge in [0.1, 0.15) is 6.04 Å². The number of piperazine rings is 1. The molecule has 0 N–H and O–H groups in total. The Balaban J connectivity index is 1.70. The Kier molecular flexibility index (Phi) is 4.12. The van der Waals surface area contributed by atoms with Crippen LogP contribution in [0.3, 0.4) is 0 Å². The molecule has 2 aliphatic rings. The Hall–Kier alpha value is -1.56. The molecule has 22 heavy (non-hydrogen) atoms. The van der Waals surface area contributed by atoms with Crippen molar-refractivity contribution in [1.29, 1.82) is 0 Å². The van der Waals surface area contributed by atoms with Crippen LogP contribution < -0.4 is 0 Å². The predicted molar refractivity (Wildman–Crippen MR) is 76.1 cm³/mol. The normalized spacial score (nSPS) is 21.7. The molecule has 1 aromatic carbocycles. The van der Waals surface area contributed by atoms with E-state index in [2.05, 4.69) is 0 Å². The number of carbonyl (C=O) groups excluding carboxylic acids is 1. The topological polar surface area (TPSA) is 23.6 Å². The number of hydrogen-bond acceptors (Lipinski definition) is 2. The van der Waals surface area contributed by atoms with Crippen LogP contribution in [0.1, 0.15) is 24.4 Å². The minimum Gasteiger partial charge on any atom is -0.340 e. The molecule has 0 radical (unpaired) electrons. The van der Waals surface area contributed by atoms with E-state index in [4.69, 9.17) is 0 Å². The van der Waals surface area contributed by atoms with Crippen molar-refractivity contribution in [3.63, 3.8) is 0 Å². The molecule has 3 nitrogen and oxygen atoms in total. The monoisotopic (exact) mass is 312 g/mol. The number of alkyl halides is 3. The Morgan fingerprint density at radius 2 is 1.64 bits per heavy atom. The molecule has 1 saturated heterocycles. The Morgan fingerprint density at radius 3 is 2.14 bits per heavy atom. The van der Waals surface area contributed by atoms with Gasteiger partial charge >= 0.3 is 6.18 Å². The van der Waals surface area contributed by atoms with Crippen LogP contribution in [0.4, 0.5) is 13.2 Å². The second kappa shape index (κ2) is 5.91. The second-order valence-corrected chi connectivity index (χ2v) is 5.99. The average Bonchev–Trinajstić information content (AvgIpc) is 3.32. The van der Waals surface area contributed by atoms with Gasteiger partial charge in [0.25, 0.3) is 0 Å². The Bertz CT molecular complexity index is 520. The molecule has 0 spiro atoms. The van der Waals surface area contributed by atoms with E-state index in [9.17, 15) is 18.0 Å². The molecule has 1 aromatic rings. The first-order chi connectivity index (χ1) is 10.5. The van der Waals surface area contributed by atoms with Crippen molar-refractivity contribution in [2.24, 2.45) is 5.92 Å². The van der Waals surface area contributed by atoms with Gasteiger partial charge in [-0.15, -0.1) is 0 Å². The number of halogens is 3. The van der Waals surface area contributed by atoms with Crippen molar-refractivity contribution >= 4 is 5.91 Å². The zero-order chi connectivity index (χ0) is 15.7. The van der Waals surface area contributed by atoms with Gasteiger partial charge in [-0.3, -0.25) is 9.69 Å². The maximum absolute atomic E-state index is 13.5. The summed E-state index contributed by atoms with van der Waals surface area (Å²) in [6, 6.07) is 6.40. The highest BCUT2D eigenvalue weighted by molar-refractivity contribution is 5.81. The minimum atomic E-state index is -4.32. The summed E-state index contributed by atoms with van der Waals surface area (Å²) in [7, 11) is 0. The van der Waals surface area contributed by atoms with E-state index in [0.29, 0.717) is 13.1 Å². The van der Waals surface area contributed by atoms with Gasteiger partial charge in [0.05, 0.1) is 0 Å². The van der Waals surface area contributed by atoms with Gasteiger partial charge in [0, 0.05) is 32.1 Å². The van der Waals surface area contributed by atoms with Gasteiger partial charge in [0.2, 0.25) is 5.91 Å². The number of hydrogen-bond donors (Lipinski definition) is 0. The van der Waals surface area contributed by atoms with Crippen LogP contribution in [-0.4, -0.2) is 48.1 Å².